The molecule has 1 amide bonds. The molecular formula is C11H6Cl2FN3O. The van der Waals surface area contributed by atoms with E-state index in [1.165, 1.54) is 30.3 Å². The Morgan fingerprint density at radius 2 is 1.94 bits per heavy atom. The molecule has 1 aromatic heterocycles. The van der Waals surface area contributed by atoms with Gasteiger partial charge in [0.05, 0.1) is 10.7 Å². The third-order valence-corrected chi connectivity index (χ3v) is 2.58. The van der Waals surface area contributed by atoms with Crippen LogP contribution in [0.5, 0.6) is 0 Å². The van der Waals surface area contributed by atoms with Crippen LogP contribution in [0.4, 0.5) is 10.1 Å². The normalized spacial score (nSPS) is 10.2. The van der Waals surface area contributed by atoms with Crippen molar-refractivity contribution in [2.75, 3.05) is 5.32 Å². The zero-order chi connectivity index (χ0) is 13.1. The summed E-state index contributed by atoms with van der Waals surface area (Å²) < 4.78 is 13.4. The fraction of sp³-hybridized carbons (Fsp3) is 0. The maximum Gasteiger partial charge on any atom is 0.276 e. The molecule has 0 saturated carbocycles. The van der Waals surface area contributed by atoms with Crippen LogP contribution in [0.25, 0.3) is 0 Å². The highest BCUT2D eigenvalue weighted by molar-refractivity contribution is 6.34. The van der Waals surface area contributed by atoms with Gasteiger partial charge in [-0.25, -0.2) is 4.39 Å². The first-order chi connectivity index (χ1) is 8.58. The highest BCUT2D eigenvalue weighted by Crippen LogP contribution is 2.24. The molecule has 0 fully saturated rings. The van der Waals surface area contributed by atoms with Crippen LogP contribution in [-0.4, -0.2) is 16.1 Å². The maximum atomic E-state index is 13.4. The lowest BCUT2D eigenvalue weighted by molar-refractivity contribution is 0.102. The Hall–Kier alpha value is -1.72. The van der Waals surface area contributed by atoms with Crippen molar-refractivity contribution < 1.29 is 9.18 Å². The zero-order valence-corrected chi connectivity index (χ0v) is 10.3. The molecule has 0 bridgehead atoms. The van der Waals surface area contributed by atoms with Gasteiger partial charge >= 0.3 is 0 Å². The second-order valence-electron chi connectivity index (χ2n) is 3.29. The SMILES string of the molecule is O=C(Nc1c(F)cccc1Cl)c1ccc(Cl)nn1. The van der Waals surface area contributed by atoms with Crippen LogP contribution < -0.4 is 5.32 Å². The molecule has 0 atom stereocenters. The predicted molar refractivity (Wildman–Crippen MR) is 66.4 cm³/mol. The average molecular weight is 286 g/mol. The number of carbonyl (C=O) groups is 1. The first-order valence-electron chi connectivity index (χ1n) is 4.82. The Labute approximate surface area is 112 Å². The molecule has 0 unspecified atom stereocenters. The van der Waals surface area contributed by atoms with E-state index in [4.69, 9.17) is 23.2 Å². The van der Waals surface area contributed by atoms with Crippen LogP contribution in [0.2, 0.25) is 10.2 Å². The minimum atomic E-state index is -0.627. The van der Waals surface area contributed by atoms with Gasteiger partial charge in [0.2, 0.25) is 0 Å². The lowest BCUT2D eigenvalue weighted by Crippen LogP contribution is -2.15. The van der Waals surface area contributed by atoms with Crippen molar-refractivity contribution in [2.24, 2.45) is 0 Å². The van der Waals surface area contributed by atoms with Gasteiger partial charge in [-0.15, -0.1) is 10.2 Å². The molecule has 4 nitrogen and oxygen atoms in total. The summed E-state index contributed by atoms with van der Waals surface area (Å²) in [7, 11) is 0. The minimum Gasteiger partial charge on any atom is -0.317 e. The monoisotopic (exact) mass is 285 g/mol. The Kier molecular flexibility index (Phi) is 3.74. The second-order valence-corrected chi connectivity index (χ2v) is 4.09. The van der Waals surface area contributed by atoms with Crippen molar-refractivity contribution in [1.29, 1.82) is 0 Å². The van der Waals surface area contributed by atoms with Gasteiger partial charge in [-0.1, -0.05) is 29.3 Å². The summed E-state index contributed by atoms with van der Waals surface area (Å²) in [6.07, 6.45) is 0. The van der Waals surface area contributed by atoms with E-state index in [2.05, 4.69) is 15.5 Å². The van der Waals surface area contributed by atoms with Crippen molar-refractivity contribution >= 4 is 34.8 Å². The molecule has 92 valence electrons. The number of amides is 1. The summed E-state index contributed by atoms with van der Waals surface area (Å²) in [5, 5.41) is 9.68. The fourth-order valence-electron chi connectivity index (χ4n) is 1.23. The molecular weight excluding hydrogens is 280 g/mol. The second kappa shape index (κ2) is 5.29. The number of carbonyl (C=O) groups excluding carboxylic acids is 1. The molecule has 1 heterocycles. The Balaban J connectivity index is 2.24. The summed E-state index contributed by atoms with van der Waals surface area (Å²) in [6.45, 7) is 0. The molecule has 0 radical (unpaired) electrons. The molecule has 1 aromatic carbocycles. The highest BCUT2D eigenvalue weighted by Gasteiger charge is 2.13. The third kappa shape index (κ3) is 2.75. The molecule has 7 heteroatoms. The molecule has 1 N–H and O–H groups in total. The van der Waals surface area contributed by atoms with Gasteiger partial charge in [0.1, 0.15) is 5.82 Å². The Morgan fingerprint density at radius 1 is 1.17 bits per heavy atom. The van der Waals surface area contributed by atoms with Gasteiger partial charge in [-0.2, -0.15) is 0 Å². The lowest BCUT2D eigenvalue weighted by atomic mass is 10.3. The summed E-state index contributed by atoms with van der Waals surface area (Å²) in [5.74, 6) is -1.25. The number of nitrogens with one attached hydrogen (secondary N) is 1. The number of rotatable bonds is 2. The van der Waals surface area contributed by atoms with E-state index < -0.39 is 11.7 Å². The number of aromatic nitrogens is 2. The largest absolute Gasteiger partial charge is 0.317 e. The number of hydrogen-bond acceptors (Lipinski definition) is 3. The van der Waals surface area contributed by atoms with Crippen LogP contribution in [0.3, 0.4) is 0 Å². The van der Waals surface area contributed by atoms with E-state index in [9.17, 15) is 9.18 Å². The van der Waals surface area contributed by atoms with Crippen LogP contribution >= 0.6 is 23.2 Å². The first kappa shape index (κ1) is 12.7. The van der Waals surface area contributed by atoms with Crippen molar-refractivity contribution in [3.63, 3.8) is 0 Å². The Morgan fingerprint density at radius 3 is 2.56 bits per heavy atom. The van der Waals surface area contributed by atoms with Gasteiger partial charge in [-0.3, -0.25) is 4.79 Å². The van der Waals surface area contributed by atoms with Crippen molar-refractivity contribution in [3.8, 4) is 0 Å². The summed E-state index contributed by atoms with van der Waals surface area (Å²) in [5.41, 5.74) is -0.0837. The van der Waals surface area contributed by atoms with Crippen LogP contribution in [0, 0.1) is 5.82 Å². The predicted octanol–water partition coefficient (Wildman–Crippen LogP) is 3.17. The summed E-state index contributed by atoms with van der Waals surface area (Å²) in [6, 6.07) is 6.88. The molecule has 0 saturated heterocycles. The van der Waals surface area contributed by atoms with Gasteiger partial charge in [-0.05, 0) is 24.3 Å². The summed E-state index contributed by atoms with van der Waals surface area (Å²) >= 11 is 11.3. The number of halogens is 3. The molecule has 0 spiro atoms. The molecule has 2 aromatic rings. The fourth-order valence-corrected chi connectivity index (χ4v) is 1.54. The average Bonchev–Trinajstić information content (AvgIpc) is 2.34. The first-order valence-corrected chi connectivity index (χ1v) is 5.58. The van der Waals surface area contributed by atoms with E-state index in [1.54, 1.807) is 0 Å². The van der Waals surface area contributed by atoms with E-state index in [-0.39, 0.29) is 21.6 Å². The van der Waals surface area contributed by atoms with Crippen molar-refractivity contribution in [1.82, 2.24) is 10.2 Å². The topological polar surface area (TPSA) is 54.9 Å². The maximum absolute atomic E-state index is 13.4. The van der Waals surface area contributed by atoms with Crippen LogP contribution in [0.15, 0.2) is 30.3 Å². The smallest absolute Gasteiger partial charge is 0.276 e. The van der Waals surface area contributed by atoms with Crippen molar-refractivity contribution in [2.45, 2.75) is 0 Å². The van der Waals surface area contributed by atoms with Gasteiger partial charge < -0.3 is 5.32 Å². The summed E-state index contributed by atoms with van der Waals surface area (Å²) in [4.78, 5) is 11.7. The molecule has 0 aliphatic carbocycles. The number of anilines is 1. The number of nitrogens with zero attached hydrogens (tertiary/aromatic N) is 2. The molecule has 2 rings (SSSR count). The zero-order valence-electron chi connectivity index (χ0n) is 8.82. The van der Waals surface area contributed by atoms with E-state index >= 15 is 0 Å². The van der Waals surface area contributed by atoms with E-state index in [0.29, 0.717) is 0 Å². The molecule has 0 aliphatic heterocycles. The number of hydrogen-bond donors (Lipinski definition) is 1. The van der Waals surface area contributed by atoms with E-state index in [0.717, 1.165) is 0 Å². The van der Waals surface area contributed by atoms with Gasteiger partial charge in [0.15, 0.2) is 10.8 Å². The standard InChI is InChI=1S/C11H6Cl2FN3O/c12-6-2-1-3-7(14)10(6)15-11(18)8-4-5-9(13)17-16-8/h1-5H,(H,15,18). The number of benzene rings is 1. The molecule has 18 heavy (non-hydrogen) atoms. The number of para-hydroxylation sites is 1. The minimum absolute atomic E-state index is 0.0127. The van der Waals surface area contributed by atoms with Crippen LogP contribution in [0.1, 0.15) is 10.5 Å². The van der Waals surface area contributed by atoms with Crippen LogP contribution in [-0.2, 0) is 0 Å². The van der Waals surface area contributed by atoms with Gasteiger partial charge in [0, 0.05) is 0 Å². The van der Waals surface area contributed by atoms with E-state index in [1.807, 2.05) is 0 Å². The Bertz CT molecular complexity index is 569. The molecule has 0 aliphatic rings. The van der Waals surface area contributed by atoms with Gasteiger partial charge in [0.25, 0.3) is 5.91 Å². The van der Waals surface area contributed by atoms with Crippen molar-refractivity contribution in [3.05, 3.63) is 52.0 Å². The lowest BCUT2D eigenvalue weighted by Gasteiger charge is -2.07. The quantitative estimate of drug-likeness (QED) is 0.922. The highest BCUT2D eigenvalue weighted by atomic mass is 35.5. The third-order valence-electron chi connectivity index (χ3n) is 2.07.